The average Bonchev–Trinajstić information content (AvgIpc) is 3.14. The highest BCUT2D eigenvalue weighted by atomic mass is 32.1. The van der Waals surface area contributed by atoms with E-state index >= 15 is 0 Å². The number of carbonyl (C=O) groups is 1. The van der Waals surface area contributed by atoms with Gasteiger partial charge in [0.15, 0.2) is 6.10 Å². The Morgan fingerprint density at radius 3 is 2.50 bits per heavy atom. The van der Waals surface area contributed by atoms with Crippen LogP contribution in [0.3, 0.4) is 0 Å². The molecule has 4 nitrogen and oxygen atoms in total. The normalized spacial score (nSPS) is 14.0. The number of alkyl halides is 3. The fourth-order valence-electron chi connectivity index (χ4n) is 2.79. The summed E-state index contributed by atoms with van der Waals surface area (Å²) in [5.41, 5.74) is 4.55. The number of thiophene rings is 1. The SMILES string of the molecule is CC(C)CC(Oc1ccc(CN)c(C(F)(F)F)c1)C(=O)NC(C)c1cccs1. The average molecular weight is 414 g/mol. The number of hydrogen-bond donors (Lipinski definition) is 2. The first-order valence-corrected chi connectivity index (χ1v) is 9.90. The van der Waals surface area contributed by atoms with Gasteiger partial charge in [0.05, 0.1) is 11.6 Å². The molecule has 0 aliphatic rings. The molecule has 3 N–H and O–H groups in total. The number of rotatable bonds is 8. The predicted molar refractivity (Wildman–Crippen MR) is 104 cm³/mol. The maximum atomic E-state index is 13.3. The number of amides is 1. The molecule has 1 aromatic heterocycles. The van der Waals surface area contributed by atoms with Crippen molar-refractivity contribution in [1.82, 2.24) is 5.32 Å². The van der Waals surface area contributed by atoms with Crippen LogP contribution in [0.4, 0.5) is 13.2 Å². The highest BCUT2D eigenvalue weighted by Gasteiger charge is 2.34. The maximum Gasteiger partial charge on any atom is 0.416 e. The summed E-state index contributed by atoms with van der Waals surface area (Å²) in [6.07, 6.45) is -5.06. The van der Waals surface area contributed by atoms with Crippen LogP contribution in [0.15, 0.2) is 35.7 Å². The minimum absolute atomic E-state index is 0.00546. The number of nitrogens with two attached hydrogens (primary N) is 1. The molecular weight excluding hydrogens is 389 g/mol. The summed E-state index contributed by atoms with van der Waals surface area (Å²) in [5.74, 6) is -0.238. The molecule has 8 heteroatoms. The van der Waals surface area contributed by atoms with Gasteiger partial charge in [-0.15, -0.1) is 11.3 Å². The minimum atomic E-state index is -4.54. The highest BCUT2D eigenvalue weighted by molar-refractivity contribution is 7.10. The van der Waals surface area contributed by atoms with Gasteiger partial charge in [0.1, 0.15) is 5.75 Å². The predicted octanol–water partition coefficient (Wildman–Crippen LogP) is 4.90. The van der Waals surface area contributed by atoms with E-state index in [1.165, 1.54) is 23.5 Å². The monoisotopic (exact) mass is 414 g/mol. The second kappa shape index (κ2) is 9.43. The van der Waals surface area contributed by atoms with Crippen molar-refractivity contribution in [2.75, 3.05) is 0 Å². The Balaban J connectivity index is 2.20. The van der Waals surface area contributed by atoms with Crippen LogP contribution in [0.25, 0.3) is 0 Å². The van der Waals surface area contributed by atoms with E-state index in [9.17, 15) is 18.0 Å². The van der Waals surface area contributed by atoms with Gasteiger partial charge >= 0.3 is 6.18 Å². The zero-order valence-electron chi connectivity index (χ0n) is 16.0. The van der Waals surface area contributed by atoms with E-state index < -0.39 is 17.8 Å². The van der Waals surface area contributed by atoms with Crippen molar-refractivity contribution in [1.29, 1.82) is 0 Å². The van der Waals surface area contributed by atoms with E-state index in [0.717, 1.165) is 10.9 Å². The number of benzene rings is 1. The molecule has 2 unspecified atom stereocenters. The molecule has 0 bridgehead atoms. The van der Waals surface area contributed by atoms with Crippen LogP contribution in [0.5, 0.6) is 5.75 Å². The summed E-state index contributed by atoms with van der Waals surface area (Å²) in [6.45, 7) is 5.47. The standard InChI is InChI=1S/C20H25F3N2O2S/c1-12(2)9-17(19(26)25-13(3)18-5-4-8-28-18)27-15-7-6-14(11-24)16(10-15)20(21,22)23/h4-8,10,12-13,17H,9,11,24H2,1-3H3,(H,25,26). The molecule has 0 saturated heterocycles. The Kier molecular flexibility index (Phi) is 7.48. The number of halogens is 3. The fourth-order valence-corrected chi connectivity index (χ4v) is 3.52. The number of nitrogens with one attached hydrogen (secondary N) is 1. The molecule has 0 aliphatic heterocycles. The van der Waals surface area contributed by atoms with E-state index in [1.807, 2.05) is 38.3 Å². The molecule has 0 spiro atoms. The number of hydrogen-bond acceptors (Lipinski definition) is 4. The zero-order valence-corrected chi connectivity index (χ0v) is 16.9. The van der Waals surface area contributed by atoms with E-state index in [4.69, 9.17) is 10.5 Å². The van der Waals surface area contributed by atoms with Gasteiger partial charge in [-0.25, -0.2) is 0 Å². The van der Waals surface area contributed by atoms with Crippen LogP contribution in [-0.4, -0.2) is 12.0 Å². The lowest BCUT2D eigenvalue weighted by Crippen LogP contribution is -2.40. The number of ether oxygens (including phenoxy) is 1. The van der Waals surface area contributed by atoms with Crippen LogP contribution in [0, 0.1) is 5.92 Å². The van der Waals surface area contributed by atoms with E-state index in [2.05, 4.69) is 5.32 Å². The molecule has 154 valence electrons. The lowest BCUT2D eigenvalue weighted by Gasteiger charge is -2.23. The Bertz CT molecular complexity index is 776. The van der Waals surface area contributed by atoms with Crippen molar-refractivity contribution in [3.8, 4) is 5.75 Å². The third-order valence-electron chi connectivity index (χ3n) is 4.19. The lowest BCUT2D eigenvalue weighted by molar-refractivity contribution is -0.138. The van der Waals surface area contributed by atoms with Gasteiger partial charge in [-0.05, 0) is 48.4 Å². The first kappa shape index (κ1) is 22.2. The summed E-state index contributed by atoms with van der Waals surface area (Å²) in [6, 6.07) is 7.21. The van der Waals surface area contributed by atoms with E-state index in [0.29, 0.717) is 6.42 Å². The highest BCUT2D eigenvalue weighted by Crippen LogP contribution is 2.34. The van der Waals surface area contributed by atoms with Crippen molar-refractivity contribution in [3.05, 3.63) is 51.7 Å². The Labute approximate surface area is 166 Å². The van der Waals surface area contributed by atoms with Crippen LogP contribution in [-0.2, 0) is 17.5 Å². The first-order valence-electron chi connectivity index (χ1n) is 9.02. The van der Waals surface area contributed by atoms with Gasteiger partial charge in [0, 0.05) is 11.4 Å². The molecule has 2 rings (SSSR count). The molecule has 1 amide bonds. The summed E-state index contributed by atoms with van der Waals surface area (Å²) in [7, 11) is 0. The molecule has 0 aliphatic carbocycles. The van der Waals surface area contributed by atoms with Crippen LogP contribution in [0.1, 0.15) is 49.2 Å². The zero-order chi connectivity index (χ0) is 20.9. The summed E-state index contributed by atoms with van der Waals surface area (Å²) < 4.78 is 45.5. The van der Waals surface area contributed by atoms with Crippen LogP contribution < -0.4 is 15.8 Å². The smallest absolute Gasteiger partial charge is 0.416 e. The Hall–Kier alpha value is -2.06. The first-order chi connectivity index (χ1) is 13.1. The van der Waals surface area contributed by atoms with E-state index in [1.54, 1.807) is 0 Å². The van der Waals surface area contributed by atoms with Crippen LogP contribution >= 0.6 is 11.3 Å². The van der Waals surface area contributed by atoms with Crippen LogP contribution in [0.2, 0.25) is 0 Å². The molecule has 2 aromatic rings. The van der Waals surface area contributed by atoms with Gasteiger partial charge in [0.2, 0.25) is 0 Å². The quantitative estimate of drug-likeness (QED) is 0.646. The van der Waals surface area contributed by atoms with Gasteiger partial charge in [0.25, 0.3) is 5.91 Å². The molecule has 1 aromatic carbocycles. The van der Waals surface area contributed by atoms with Gasteiger partial charge in [-0.3, -0.25) is 4.79 Å². The van der Waals surface area contributed by atoms with E-state index in [-0.39, 0.29) is 35.7 Å². The summed E-state index contributed by atoms with van der Waals surface area (Å²) >= 11 is 1.52. The Morgan fingerprint density at radius 2 is 1.96 bits per heavy atom. The summed E-state index contributed by atoms with van der Waals surface area (Å²) in [4.78, 5) is 13.7. The second-order valence-corrected chi connectivity index (χ2v) is 7.98. The summed E-state index contributed by atoms with van der Waals surface area (Å²) in [5, 5.41) is 4.79. The topological polar surface area (TPSA) is 64.3 Å². The van der Waals surface area contributed by atoms with Gasteiger partial charge in [-0.2, -0.15) is 13.2 Å². The van der Waals surface area contributed by atoms with Gasteiger partial charge in [-0.1, -0.05) is 26.0 Å². The second-order valence-electron chi connectivity index (χ2n) is 7.00. The fraction of sp³-hybridized carbons (Fsp3) is 0.450. The van der Waals surface area contributed by atoms with Crippen molar-refractivity contribution >= 4 is 17.2 Å². The van der Waals surface area contributed by atoms with Crippen molar-refractivity contribution in [2.45, 2.75) is 52.1 Å². The molecule has 1 heterocycles. The third kappa shape index (κ3) is 5.97. The molecule has 0 saturated carbocycles. The van der Waals surface area contributed by atoms with Gasteiger partial charge < -0.3 is 15.8 Å². The molecule has 28 heavy (non-hydrogen) atoms. The molecule has 2 atom stereocenters. The van der Waals surface area contributed by atoms with Crippen molar-refractivity contribution in [2.24, 2.45) is 11.7 Å². The molecule has 0 fully saturated rings. The molecule has 0 radical (unpaired) electrons. The number of carbonyl (C=O) groups excluding carboxylic acids is 1. The Morgan fingerprint density at radius 1 is 1.25 bits per heavy atom. The largest absolute Gasteiger partial charge is 0.481 e. The third-order valence-corrected chi connectivity index (χ3v) is 5.25. The van der Waals surface area contributed by atoms with Crippen molar-refractivity contribution in [3.63, 3.8) is 0 Å². The minimum Gasteiger partial charge on any atom is -0.481 e. The lowest BCUT2D eigenvalue weighted by atomic mass is 10.0. The molecular formula is C20H25F3N2O2S. The van der Waals surface area contributed by atoms with Crippen molar-refractivity contribution < 1.29 is 22.7 Å². The maximum absolute atomic E-state index is 13.3.